The number of benzene rings is 1. The minimum Gasteiger partial charge on any atom is -0.481 e. The molecule has 1 aromatic rings. The minimum absolute atomic E-state index is 0.0294. The van der Waals surface area contributed by atoms with Gasteiger partial charge in [-0.3, -0.25) is 9.59 Å². The average Bonchev–Trinajstić information content (AvgIpc) is 2.43. The second-order valence-electron chi connectivity index (χ2n) is 4.49. The number of likely N-dealkylation sites (N-methyl/N-ethyl adjacent to an activating group) is 1. The van der Waals surface area contributed by atoms with Gasteiger partial charge in [0.25, 0.3) is 5.91 Å². The Kier molecular flexibility index (Phi) is 6.73. The van der Waals surface area contributed by atoms with E-state index in [1.807, 2.05) is 6.92 Å². The van der Waals surface area contributed by atoms with Gasteiger partial charge in [-0.25, -0.2) is 0 Å². The van der Waals surface area contributed by atoms with Crippen LogP contribution >= 0.6 is 0 Å². The van der Waals surface area contributed by atoms with Crippen molar-refractivity contribution in [3.05, 3.63) is 29.8 Å². The first-order chi connectivity index (χ1) is 9.54. The summed E-state index contributed by atoms with van der Waals surface area (Å²) in [5.74, 6) is 0.321. The number of carbonyl (C=O) groups is 2. The summed E-state index contributed by atoms with van der Waals surface area (Å²) in [5, 5.41) is 5.90. The molecule has 0 radical (unpaired) electrons. The van der Waals surface area contributed by atoms with Gasteiger partial charge in [0.1, 0.15) is 5.75 Å². The Balaban J connectivity index is 2.48. The van der Waals surface area contributed by atoms with Crippen molar-refractivity contribution in [2.45, 2.75) is 26.9 Å². The highest BCUT2D eigenvalue weighted by Crippen LogP contribution is 2.15. The van der Waals surface area contributed by atoms with Crippen LogP contribution in [0.3, 0.4) is 0 Å². The lowest BCUT2D eigenvalue weighted by molar-refractivity contribution is -0.127. The minimum atomic E-state index is -0.598. The van der Waals surface area contributed by atoms with Crippen LogP contribution < -0.4 is 15.4 Å². The zero-order chi connectivity index (χ0) is 15.0. The first-order valence-corrected chi connectivity index (χ1v) is 6.80. The lowest BCUT2D eigenvalue weighted by Crippen LogP contribution is -2.39. The zero-order valence-corrected chi connectivity index (χ0v) is 12.2. The van der Waals surface area contributed by atoms with Gasteiger partial charge < -0.3 is 15.4 Å². The Labute approximate surface area is 119 Å². The monoisotopic (exact) mass is 278 g/mol. The van der Waals surface area contributed by atoms with Gasteiger partial charge in [0.15, 0.2) is 11.9 Å². The molecular weight excluding hydrogens is 256 g/mol. The van der Waals surface area contributed by atoms with Gasteiger partial charge in [-0.2, -0.15) is 0 Å². The molecule has 0 heterocycles. The van der Waals surface area contributed by atoms with Crippen LogP contribution in [-0.2, 0) is 4.79 Å². The maximum Gasteiger partial charge on any atom is 0.260 e. The van der Waals surface area contributed by atoms with Gasteiger partial charge in [0, 0.05) is 18.7 Å². The van der Waals surface area contributed by atoms with E-state index in [9.17, 15) is 9.59 Å². The average molecular weight is 278 g/mol. The highest BCUT2D eigenvalue weighted by molar-refractivity contribution is 5.94. The zero-order valence-electron chi connectivity index (χ0n) is 12.2. The van der Waals surface area contributed by atoms with Crippen LogP contribution in [0.5, 0.6) is 5.75 Å². The number of hydrogen-bond donors (Lipinski definition) is 2. The lowest BCUT2D eigenvalue weighted by atomic mass is 10.1. The van der Waals surface area contributed by atoms with Crippen molar-refractivity contribution >= 4 is 11.7 Å². The van der Waals surface area contributed by atoms with Crippen molar-refractivity contribution in [3.63, 3.8) is 0 Å². The third-order valence-electron chi connectivity index (χ3n) is 2.77. The van der Waals surface area contributed by atoms with Crippen molar-refractivity contribution in [2.75, 3.05) is 19.6 Å². The van der Waals surface area contributed by atoms with Gasteiger partial charge in [0.2, 0.25) is 0 Å². The molecule has 1 amide bonds. The van der Waals surface area contributed by atoms with Crippen molar-refractivity contribution in [2.24, 2.45) is 0 Å². The second kappa shape index (κ2) is 8.32. The molecule has 0 saturated carbocycles. The number of amides is 1. The van der Waals surface area contributed by atoms with E-state index in [0.717, 1.165) is 13.1 Å². The Morgan fingerprint density at radius 2 is 2.05 bits per heavy atom. The highest BCUT2D eigenvalue weighted by Gasteiger charge is 2.14. The maximum atomic E-state index is 11.8. The molecular formula is C15H22N2O3. The molecule has 2 N–H and O–H groups in total. The molecule has 0 aromatic heterocycles. The van der Waals surface area contributed by atoms with Gasteiger partial charge >= 0.3 is 0 Å². The van der Waals surface area contributed by atoms with E-state index >= 15 is 0 Å². The molecule has 5 heteroatoms. The fraction of sp³-hybridized carbons (Fsp3) is 0.467. The van der Waals surface area contributed by atoms with Crippen LogP contribution in [0.25, 0.3) is 0 Å². The number of carbonyl (C=O) groups excluding carboxylic acids is 2. The SMILES string of the molecule is CCNCCNC(=O)C(C)Oc1cccc(C(C)=O)c1. The molecule has 0 bridgehead atoms. The lowest BCUT2D eigenvalue weighted by Gasteiger charge is -2.15. The van der Waals surface area contributed by atoms with E-state index in [4.69, 9.17) is 4.74 Å². The summed E-state index contributed by atoms with van der Waals surface area (Å²) in [6, 6.07) is 6.83. The molecule has 1 unspecified atom stereocenters. The van der Waals surface area contributed by atoms with Crippen molar-refractivity contribution in [1.29, 1.82) is 0 Å². The topological polar surface area (TPSA) is 67.4 Å². The van der Waals surface area contributed by atoms with Crippen molar-refractivity contribution in [3.8, 4) is 5.75 Å². The molecule has 1 aromatic carbocycles. The van der Waals surface area contributed by atoms with Crippen LogP contribution in [0, 0.1) is 0 Å². The fourth-order valence-electron chi connectivity index (χ4n) is 1.64. The molecule has 110 valence electrons. The van der Waals surface area contributed by atoms with E-state index < -0.39 is 6.10 Å². The van der Waals surface area contributed by atoms with Gasteiger partial charge in [-0.05, 0) is 32.5 Å². The fourth-order valence-corrected chi connectivity index (χ4v) is 1.64. The summed E-state index contributed by atoms with van der Waals surface area (Å²) in [6.45, 7) is 7.36. The first kappa shape index (κ1) is 16.2. The van der Waals surface area contributed by atoms with Gasteiger partial charge in [-0.15, -0.1) is 0 Å². The van der Waals surface area contributed by atoms with Gasteiger partial charge in [-0.1, -0.05) is 19.1 Å². The predicted molar refractivity (Wildman–Crippen MR) is 78.1 cm³/mol. The van der Waals surface area contributed by atoms with E-state index in [1.165, 1.54) is 6.92 Å². The summed E-state index contributed by atoms with van der Waals surface area (Å²) in [5.41, 5.74) is 0.572. The number of rotatable bonds is 8. The standard InChI is InChI=1S/C15H22N2O3/c1-4-16-8-9-17-15(19)12(3)20-14-7-5-6-13(10-14)11(2)18/h5-7,10,12,16H,4,8-9H2,1-3H3,(H,17,19). The molecule has 0 fully saturated rings. The largest absolute Gasteiger partial charge is 0.481 e. The molecule has 5 nitrogen and oxygen atoms in total. The summed E-state index contributed by atoms with van der Waals surface area (Å²) in [7, 11) is 0. The molecule has 1 atom stereocenters. The van der Waals surface area contributed by atoms with Crippen LogP contribution in [0.15, 0.2) is 24.3 Å². The number of hydrogen-bond acceptors (Lipinski definition) is 4. The van der Waals surface area contributed by atoms with E-state index in [-0.39, 0.29) is 11.7 Å². The Bertz CT molecular complexity index is 460. The number of ketones is 1. The smallest absolute Gasteiger partial charge is 0.260 e. The summed E-state index contributed by atoms with van der Waals surface area (Å²) in [6.07, 6.45) is -0.598. The highest BCUT2D eigenvalue weighted by atomic mass is 16.5. The third kappa shape index (κ3) is 5.40. The summed E-state index contributed by atoms with van der Waals surface area (Å²) in [4.78, 5) is 23.1. The third-order valence-corrected chi connectivity index (χ3v) is 2.77. The summed E-state index contributed by atoms with van der Waals surface area (Å²) < 4.78 is 5.54. The molecule has 0 saturated heterocycles. The van der Waals surface area contributed by atoms with Crippen LogP contribution in [0.1, 0.15) is 31.1 Å². The molecule has 1 rings (SSSR count). The molecule has 20 heavy (non-hydrogen) atoms. The second-order valence-corrected chi connectivity index (χ2v) is 4.49. The Morgan fingerprint density at radius 1 is 1.30 bits per heavy atom. The normalized spacial score (nSPS) is 11.8. The van der Waals surface area contributed by atoms with Crippen LogP contribution in [0.2, 0.25) is 0 Å². The molecule has 0 spiro atoms. The molecule has 0 aliphatic rings. The first-order valence-electron chi connectivity index (χ1n) is 6.80. The molecule has 0 aliphatic heterocycles. The predicted octanol–water partition coefficient (Wildman–Crippen LogP) is 1.38. The van der Waals surface area contributed by atoms with Crippen LogP contribution in [0.4, 0.5) is 0 Å². The number of ether oxygens (including phenoxy) is 1. The van der Waals surface area contributed by atoms with Crippen LogP contribution in [-0.4, -0.2) is 37.4 Å². The van der Waals surface area contributed by atoms with E-state index in [1.54, 1.807) is 31.2 Å². The number of Topliss-reactive ketones (excluding diaryl/α,β-unsaturated/α-hetero) is 1. The number of nitrogens with one attached hydrogen (secondary N) is 2. The Morgan fingerprint density at radius 3 is 2.70 bits per heavy atom. The van der Waals surface area contributed by atoms with Crippen molar-refractivity contribution < 1.29 is 14.3 Å². The Hall–Kier alpha value is -1.88. The van der Waals surface area contributed by atoms with E-state index in [0.29, 0.717) is 17.9 Å². The summed E-state index contributed by atoms with van der Waals surface area (Å²) >= 11 is 0. The quantitative estimate of drug-likeness (QED) is 0.557. The van der Waals surface area contributed by atoms with Crippen molar-refractivity contribution in [1.82, 2.24) is 10.6 Å². The maximum absolute atomic E-state index is 11.8. The van der Waals surface area contributed by atoms with E-state index in [2.05, 4.69) is 10.6 Å². The molecule has 0 aliphatic carbocycles. The van der Waals surface area contributed by atoms with Gasteiger partial charge in [0.05, 0.1) is 0 Å².